The second-order valence-electron chi connectivity index (χ2n) is 4.18. The third-order valence-corrected chi connectivity index (χ3v) is 3.05. The van der Waals surface area contributed by atoms with Gasteiger partial charge in [-0.15, -0.1) is 6.58 Å². The molecule has 21 heavy (non-hydrogen) atoms. The molecule has 0 aromatic carbocycles. The lowest BCUT2D eigenvalue weighted by Gasteiger charge is -2.20. The monoisotopic (exact) mass is 356 g/mol. The van der Waals surface area contributed by atoms with Gasteiger partial charge >= 0.3 is 5.97 Å². The van der Waals surface area contributed by atoms with E-state index in [1.165, 1.54) is 27.8 Å². The van der Waals surface area contributed by atoms with Crippen LogP contribution in [-0.4, -0.2) is 41.0 Å². The van der Waals surface area contributed by atoms with Crippen LogP contribution in [0.3, 0.4) is 0 Å². The molecular weight excluding hydrogens is 340 g/mol. The van der Waals surface area contributed by atoms with Crippen LogP contribution in [0.4, 0.5) is 0 Å². The van der Waals surface area contributed by atoms with Crippen LogP contribution in [-0.2, 0) is 20.9 Å². The van der Waals surface area contributed by atoms with Crippen molar-refractivity contribution in [3.63, 3.8) is 0 Å². The van der Waals surface area contributed by atoms with Crippen molar-refractivity contribution in [2.75, 3.05) is 19.7 Å². The summed E-state index contributed by atoms with van der Waals surface area (Å²) < 4.78 is 6.78. The summed E-state index contributed by atoms with van der Waals surface area (Å²) >= 11 is 3.24. The highest BCUT2D eigenvalue weighted by atomic mass is 79.9. The van der Waals surface area contributed by atoms with Gasteiger partial charge in [0.1, 0.15) is 13.1 Å². The summed E-state index contributed by atoms with van der Waals surface area (Å²) in [6.07, 6.45) is 3.04. The number of carbonyl (C=O) groups excluding carboxylic acids is 2. The number of halogens is 1. The molecule has 114 valence electrons. The van der Waals surface area contributed by atoms with E-state index in [-0.39, 0.29) is 37.7 Å². The number of hydrogen-bond donors (Lipinski definition) is 0. The van der Waals surface area contributed by atoms with Gasteiger partial charge < -0.3 is 14.2 Å². The third kappa shape index (κ3) is 5.55. The smallest absolute Gasteiger partial charge is 0.325 e. The number of nitrogens with zero attached hydrogens (tertiary/aromatic N) is 2. The predicted octanol–water partition coefficient (Wildman–Crippen LogP) is 1.19. The Bertz CT molecular complexity index is 583. The van der Waals surface area contributed by atoms with Crippen molar-refractivity contribution in [3.05, 3.63) is 45.8 Å². The highest BCUT2D eigenvalue weighted by Gasteiger charge is 2.17. The van der Waals surface area contributed by atoms with Crippen LogP contribution in [0.1, 0.15) is 6.92 Å². The molecule has 6 nitrogen and oxygen atoms in total. The lowest BCUT2D eigenvalue weighted by molar-refractivity contribution is -0.148. The number of ether oxygens (including phenoxy) is 1. The highest BCUT2D eigenvalue weighted by Crippen LogP contribution is 2.05. The van der Waals surface area contributed by atoms with Gasteiger partial charge in [-0.25, -0.2) is 0 Å². The van der Waals surface area contributed by atoms with Crippen LogP contribution in [0.2, 0.25) is 0 Å². The zero-order valence-electron chi connectivity index (χ0n) is 11.8. The summed E-state index contributed by atoms with van der Waals surface area (Å²) in [4.78, 5) is 36.6. The molecule has 0 saturated heterocycles. The fourth-order valence-corrected chi connectivity index (χ4v) is 2.02. The molecular formula is C14H17BrN2O4. The van der Waals surface area contributed by atoms with Crippen LogP contribution < -0.4 is 5.56 Å². The minimum absolute atomic E-state index is 0.147. The minimum Gasteiger partial charge on any atom is -0.465 e. The number of rotatable bonds is 7. The average molecular weight is 357 g/mol. The van der Waals surface area contributed by atoms with Crippen LogP contribution in [0.15, 0.2) is 40.3 Å². The number of hydrogen-bond acceptors (Lipinski definition) is 4. The molecule has 0 aliphatic carbocycles. The van der Waals surface area contributed by atoms with Crippen LogP contribution >= 0.6 is 15.9 Å². The first-order valence-electron chi connectivity index (χ1n) is 6.38. The summed E-state index contributed by atoms with van der Waals surface area (Å²) in [6.45, 7) is 5.39. The van der Waals surface area contributed by atoms with Gasteiger partial charge in [0.2, 0.25) is 5.91 Å². The van der Waals surface area contributed by atoms with Gasteiger partial charge in [-0.3, -0.25) is 14.4 Å². The predicted molar refractivity (Wildman–Crippen MR) is 81.8 cm³/mol. The van der Waals surface area contributed by atoms with Crippen molar-refractivity contribution in [1.29, 1.82) is 0 Å². The number of aromatic nitrogens is 1. The molecule has 1 aromatic rings. The summed E-state index contributed by atoms with van der Waals surface area (Å²) in [5.74, 6) is -0.850. The van der Waals surface area contributed by atoms with Crippen LogP contribution in [0, 0.1) is 0 Å². The van der Waals surface area contributed by atoms with E-state index < -0.39 is 5.97 Å². The number of esters is 1. The first kappa shape index (κ1) is 17.2. The molecule has 0 atom stereocenters. The standard InChI is InChI=1S/C14H17BrN2O4/c1-3-7-16(10-14(20)21-4-2)13(19)9-17-8-11(15)5-6-12(17)18/h3,5-6,8H,1,4,7,9-10H2,2H3. The number of pyridine rings is 1. The molecule has 1 aromatic heterocycles. The molecule has 0 radical (unpaired) electrons. The van der Waals surface area contributed by atoms with Crippen molar-refractivity contribution in [1.82, 2.24) is 9.47 Å². The van der Waals surface area contributed by atoms with E-state index >= 15 is 0 Å². The Balaban J connectivity index is 2.81. The van der Waals surface area contributed by atoms with Gasteiger partial charge in [0, 0.05) is 23.3 Å². The van der Waals surface area contributed by atoms with Gasteiger partial charge in [0.15, 0.2) is 0 Å². The summed E-state index contributed by atoms with van der Waals surface area (Å²) in [6, 6.07) is 2.96. The Morgan fingerprint density at radius 1 is 1.48 bits per heavy atom. The Labute approximate surface area is 131 Å². The first-order chi connectivity index (χ1) is 9.97. The fraction of sp³-hybridized carbons (Fsp3) is 0.357. The molecule has 1 heterocycles. The molecule has 0 fully saturated rings. The topological polar surface area (TPSA) is 68.6 Å². The summed E-state index contributed by atoms with van der Waals surface area (Å²) in [5, 5.41) is 0. The largest absolute Gasteiger partial charge is 0.465 e. The molecule has 7 heteroatoms. The maximum absolute atomic E-state index is 12.2. The van der Waals surface area contributed by atoms with Crippen LogP contribution in [0.25, 0.3) is 0 Å². The van der Waals surface area contributed by atoms with Gasteiger partial charge in [-0.2, -0.15) is 0 Å². The van der Waals surface area contributed by atoms with Gasteiger partial charge in [0.25, 0.3) is 5.56 Å². The van der Waals surface area contributed by atoms with E-state index in [2.05, 4.69) is 22.5 Å². The molecule has 0 unspecified atom stereocenters. The maximum Gasteiger partial charge on any atom is 0.325 e. The Morgan fingerprint density at radius 2 is 2.19 bits per heavy atom. The molecule has 0 saturated carbocycles. The molecule has 0 aliphatic rings. The molecule has 0 spiro atoms. The van der Waals surface area contributed by atoms with Crippen molar-refractivity contribution in [2.45, 2.75) is 13.5 Å². The summed E-state index contributed by atoms with van der Waals surface area (Å²) in [7, 11) is 0. The molecule has 0 N–H and O–H groups in total. The normalized spacial score (nSPS) is 10.0. The van der Waals surface area contributed by atoms with Crippen molar-refractivity contribution in [2.24, 2.45) is 0 Å². The minimum atomic E-state index is -0.491. The van der Waals surface area contributed by atoms with Crippen molar-refractivity contribution < 1.29 is 14.3 Å². The maximum atomic E-state index is 12.2. The van der Waals surface area contributed by atoms with E-state index in [9.17, 15) is 14.4 Å². The molecule has 1 amide bonds. The molecule has 1 rings (SSSR count). The molecule has 0 bridgehead atoms. The van der Waals surface area contributed by atoms with E-state index in [1.54, 1.807) is 13.0 Å². The zero-order chi connectivity index (χ0) is 15.8. The van der Waals surface area contributed by atoms with Gasteiger partial charge in [0.05, 0.1) is 6.61 Å². The summed E-state index contributed by atoms with van der Waals surface area (Å²) in [5.41, 5.74) is -0.291. The quantitative estimate of drug-likeness (QED) is 0.543. The van der Waals surface area contributed by atoms with E-state index in [0.717, 1.165) is 0 Å². The Kier molecular flexibility index (Phi) is 6.87. The van der Waals surface area contributed by atoms with E-state index in [0.29, 0.717) is 4.47 Å². The second-order valence-corrected chi connectivity index (χ2v) is 5.10. The fourth-order valence-electron chi connectivity index (χ4n) is 1.64. The van der Waals surface area contributed by atoms with Crippen molar-refractivity contribution >= 4 is 27.8 Å². The first-order valence-corrected chi connectivity index (χ1v) is 7.17. The SMILES string of the molecule is C=CCN(CC(=O)OCC)C(=O)Cn1cc(Br)ccc1=O. The highest BCUT2D eigenvalue weighted by molar-refractivity contribution is 9.10. The Morgan fingerprint density at radius 3 is 2.81 bits per heavy atom. The van der Waals surface area contributed by atoms with E-state index in [4.69, 9.17) is 4.74 Å². The number of amides is 1. The lowest BCUT2D eigenvalue weighted by atomic mass is 10.4. The number of carbonyl (C=O) groups is 2. The van der Waals surface area contributed by atoms with E-state index in [1.807, 2.05) is 0 Å². The zero-order valence-corrected chi connectivity index (χ0v) is 13.3. The van der Waals surface area contributed by atoms with Crippen molar-refractivity contribution in [3.8, 4) is 0 Å². The molecule has 0 aliphatic heterocycles. The lowest BCUT2D eigenvalue weighted by Crippen LogP contribution is -2.40. The third-order valence-electron chi connectivity index (χ3n) is 2.58. The second kappa shape index (κ2) is 8.41. The van der Waals surface area contributed by atoms with Crippen LogP contribution in [0.5, 0.6) is 0 Å². The Hall–Kier alpha value is -1.89. The van der Waals surface area contributed by atoms with Gasteiger partial charge in [-0.1, -0.05) is 6.08 Å². The van der Waals surface area contributed by atoms with Gasteiger partial charge in [-0.05, 0) is 28.9 Å². The average Bonchev–Trinajstić information content (AvgIpc) is 2.42.